The van der Waals surface area contributed by atoms with Gasteiger partial charge in [-0.25, -0.2) is 0 Å². The van der Waals surface area contributed by atoms with E-state index >= 15 is 0 Å². The van der Waals surface area contributed by atoms with Crippen molar-refractivity contribution in [2.45, 2.75) is 6.54 Å². The first-order chi connectivity index (χ1) is 13.7. The van der Waals surface area contributed by atoms with Crippen LogP contribution in [0.1, 0.15) is 16.7 Å². The summed E-state index contributed by atoms with van der Waals surface area (Å²) in [5, 5.41) is 1.12. The SMILES string of the molecule is Cl.Cl.Clc1ccc(C=CC2=NCCN(Cc3ccccc3)c3ccccc32)cc1Cl. The Balaban J connectivity index is 0.00000160. The molecule has 3 aromatic carbocycles. The molecule has 0 unspecified atom stereocenters. The van der Waals surface area contributed by atoms with Gasteiger partial charge in [0.2, 0.25) is 0 Å². The Morgan fingerprint density at radius 2 is 1.57 bits per heavy atom. The predicted molar refractivity (Wildman–Crippen MR) is 135 cm³/mol. The van der Waals surface area contributed by atoms with Gasteiger partial charge in [-0.15, -0.1) is 24.8 Å². The van der Waals surface area contributed by atoms with Gasteiger partial charge < -0.3 is 4.90 Å². The van der Waals surface area contributed by atoms with E-state index in [9.17, 15) is 0 Å². The number of rotatable bonds is 4. The molecule has 6 heteroatoms. The molecule has 0 aliphatic carbocycles. The molecule has 0 fully saturated rings. The van der Waals surface area contributed by atoms with Crippen molar-refractivity contribution in [2.24, 2.45) is 4.99 Å². The summed E-state index contributed by atoms with van der Waals surface area (Å²) >= 11 is 12.2. The number of aliphatic imine (C=N–C) groups is 1. The quantitative estimate of drug-likeness (QED) is 0.381. The molecule has 1 aliphatic rings. The first-order valence-electron chi connectivity index (χ1n) is 9.26. The zero-order valence-corrected chi connectivity index (χ0v) is 19.3. The number of benzene rings is 3. The highest BCUT2D eigenvalue weighted by molar-refractivity contribution is 6.42. The molecule has 0 N–H and O–H groups in total. The van der Waals surface area contributed by atoms with E-state index in [1.165, 1.54) is 11.3 Å². The van der Waals surface area contributed by atoms with Crippen LogP contribution in [0.5, 0.6) is 0 Å². The van der Waals surface area contributed by atoms with Crippen molar-refractivity contribution in [3.8, 4) is 0 Å². The molecule has 0 spiro atoms. The van der Waals surface area contributed by atoms with E-state index in [2.05, 4.69) is 65.6 Å². The highest BCUT2D eigenvalue weighted by atomic mass is 35.5. The van der Waals surface area contributed by atoms with Crippen LogP contribution in [-0.2, 0) is 6.54 Å². The van der Waals surface area contributed by atoms with Crippen molar-refractivity contribution in [3.63, 3.8) is 0 Å². The van der Waals surface area contributed by atoms with Crippen LogP contribution in [0.15, 0.2) is 83.9 Å². The van der Waals surface area contributed by atoms with E-state index in [1.807, 2.05) is 24.3 Å². The van der Waals surface area contributed by atoms with Crippen LogP contribution in [0.4, 0.5) is 5.69 Å². The fourth-order valence-corrected chi connectivity index (χ4v) is 3.67. The van der Waals surface area contributed by atoms with Gasteiger partial charge in [-0.05, 0) is 35.4 Å². The van der Waals surface area contributed by atoms with Gasteiger partial charge >= 0.3 is 0 Å². The van der Waals surface area contributed by atoms with E-state index in [0.717, 1.165) is 36.5 Å². The molecular formula is C24H22Cl4N2. The van der Waals surface area contributed by atoms with E-state index < -0.39 is 0 Å². The van der Waals surface area contributed by atoms with Crippen molar-refractivity contribution >= 4 is 65.5 Å². The Morgan fingerprint density at radius 1 is 0.833 bits per heavy atom. The van der Waals surface area contributed by atoms with Crippen LogP contribution in [-0.4, -0.2) is 18.8 Å². The summed E-state index contributed by atoms with van der Waals surface area (Å²) in [5.74, 6) is 0. The van der Waals surface area contributed by atoms with Crippen molar-refractivity contribution in [2.75, 3.05) is 18.0 Å². The lowest BCUT2D eigenvalue weighted by Gasteiger charge is -2.24. The molecule has 1 heterocycles. The minimum atomic E-state index is 0. The first-order valence-corrected chi connectivity index (χ1v) is 10.0. The Morgan fingerprint density at radius 3 is 2.33 bits per heavy atom. The van der Waals surface area contributed by atoms with Crippen LogP contribution in [0, 0.1) is 0 Å². The number of hydrogen-bond donors (Lipinski definition) is 0. The molecule has 0 atom stereocenters. The number of anilines is 1. The summed E-state index contributed by atoms with van der Waals surface area (Å²) in [6.07, 6.45) is 4.09. The summed E-state index contributed by atoms with van der Waals surface area (Å²) in [4.78, 5) is 7.24. The third kappa shape index (κ3) is 5.80. The summed E-state index contributed by atoms with van der Waals surface area (Å²) < 4.78 is 0. The smallest absolute Gasteiger partial charge is 0.0668 e. The Bertz CT molecular complexity index is 1030. The standard InChI is InChI=1S/C24H20Cl2N2.2ClH/c25-21-12-10-18(16-22(21)26)11-13-23-20-8-4-5-9-24(20)28(15-14-27-23)17-19-6-2-1-3-7-19;;/h1-13,16H,14-15,17H2;2*1H. The van der Waals surface area contributed by atoms with Gasteiger partial charge in [-0.1, -0.05) is 83.9 Å². The first kappa shape index (κ1) is 24.3. The van der Waals surface area contributed by atoms with Gasteiger partial charge in [-0.3, -0.25) is 4.99 Å². The largest absolute Gasteiger partial charge is 0.365 e. The Kier molecular flexibility index (Phi) is 9.26. The van der Waals surface area contributed by atoms with Crippen LogP contribution < -0.4 is 4.90 Å². The van der Waals surface area contributed by atoms with Gasteiger partial charge in [0.25, 0.3) is 0 Å². The zero-order chi connectivity index (χ0) is 19.3. The number of benzodiazepines with no additional fused rings is 1. The van der Waals surface area contributed by atoms with Crippen LogP contribution in [0.3, 0.4) is 0 Å². The molecular weight excluding hydrogens is 458 g/mol. The molecule has 0 saturated heterocycles. The molecule has 3 aromatic rings. The monoisotopic (exact) mass is 478 g/mol. The minimum absolute atomic E-state index is 0. The number of halogens is 4. The lowest BCUT2D eigenvalue weighted by atomic mass is 10.0. The van der Waals surface area contributed by atoms with E-state index in [0.29, 0.717) is 10.0 Å². The molecule has 30 heavy (non-hydrogen) atoms. The summed E-state index contributed by atoms with van der Waals surface area (Å²) in [5.41, 5.74) is 5.64. The summed E-state index contributed by atoms with van der Waals surface area (Å²) in [7, 11) is 0. The number of nitrogens with zero attached hydrogens (tertiary/aromatic N) is 2. The van der Waals surface area contributed by atoms with Crippen molar-refractivity contribution in [1.29, 1.82) is 0 Å². The van der Waals surface area contributed by atoms with Gasteiger partial charge in [-0.2, -0.15) is 0 Å². The minimum Gasteiger partial charge on any atom is -0.365 e. The molecule has 0 radical (unpaired) electrons. The molecule has 2 nitrogen and oxygen atoms in total. The maximum Gasteiger partial charge on any atom is 0.0668 e. The van der Waals surface area contributed by atoms with E-state index in [1.54, 1.807) is 0 Å². The third-order valence-corrected chi connectivity index (χ3v) is 5.51. The molecule has 0 amide bonds. The van der Waals surface area contributed by atoms with Gasteiger partial charge in [0.05, 0.1) is 22.3 Å². The normalized spacial score (nSPS) is 13.0. The zero-order valence-electron chi connectivity index (χ0n) is 16.2. The Hall–Kier alpha value is -1.97. The average Bonchev–Trinajstić information content (AvgIpc) is 2.89. The van der Waals surface area contributed by atoms with Crippen LogP contribution >= 0.6 is 48.0 Å². The fraction of sp³-hybridized carbons (Fsp3) is 0.125. The van der Waals surface area contributed by atoms with Gasteiger partial charge in [0, 0.05) is 24.3 Å². The van der Waals surface area contributed by atoms with Crippen LogP contribution in [0.2, 0.25) is 10.0 Å². The fourth-order valence-electron chi connectivity index (χ4n) is 3.36. The van der Waals surface area contributed by atoms with Crippen molar-refractivity contribution in [3.05, 3.63) is 106 Å². The Labute approximate surface area is 200 Å². The lowest BCUT2D eigenvalue weighted by Crippen LogP contribution is -2.25. The van der Waals surface area contributed by atoms with E-state index in [-0.39, 0.29) is 24.8 Å². The topological polar surface area (TPSA) is 15.6 Å². The molecule has 0 bridgehead atoms. The second-order valence-electron chi connectivity index (χ2n) is 6.70. The maximum absolute atomic E-state index is 6.14. The molecule has 1 aliphatic heterocycles. The number of para-hydroxylation sites is 1. The highest BCUT2D eigenvalue weighted by Gasteiger charge is 2.17. The van der Waals surface area contributed by atoms with Gasteiger partial charge in [0.15, 0.2) is 0 Å². The third-order valence-electron chi connectivity index (χ3n) is 4.77. The summed E-state index contributed by atoms with van der Waals surface area (Å²) in [6.45, 7) is 2.51. The van der Waals surface area contributed by atoms with Crippen LogP contribution in [0.25, 0.3) is 6.08 Å². The highest BCUT2D eigenvalue weighted by Crippen LogP contribution is 2.27. The molecule has 0 saturated carbocycles. The lowest BCUT2D eigenvalue weighted by molar-refractivity contribution is 0.797. The number of hydrogen-bond acceptors (Lipinski definition) is 2. The molecule has 0 aromatic heterocycles. The predicted octanol–water partition coefficient (Wildman–Crippen LogP) is 7.36. The van der Waals surface area contributed by atoms with E-state index in [4.69, 9.17) is 28.2 Å². The summed E-state index contributed by atoms with van der Waals surface area (Å²) in [6, 6.07) is 24.6. The second-order valence-corrected chi connectivity index (χ2v) is 7.51. The second kappa shape index (κ2) is 11.4. The molecule has 156 valence electrons. The maximum atomic E-state index is 6.14. The average molecular weight is 480 g/mol. The van der Waals surface area contributed by atoms with Crippen molar-refractivity contribution < 1.29 is 0 Å². The number of fused-ring (bicyclic) bond motifs is 1. The van der Waals surface area contributed by atoms with Gasteiger partial charge in [0.1, 0.15) is 0 Å². The van der Waals surface area contributed by atoms with Crippen molar-refractivity contribution in [1.82, 2.24) is 0 Å². The molecule has 4 rings (SSSR count). The number of allylic oxidation sites excluding steroid dienone is 1.